The van der Waals surface area contributed by atoms with Crippen molar-refractivity contribution in [1.29, 1.82) is 0 Å². The highest BCUT2D eigenvalue weighted by Crippen LogP contribution is 2.09. The minimum Gasteiger partial charge on any atom is -0.468 e. The number of esters is 5. The van der Waals surface area contributed by atoms with Crippen LogP contribution >= 0.6 is 0 Å². The van der Waals surface area contributed by atoms with Crippen molar-refractivity contribution in [1.82, 2.24) is 29.7 Å². The molecule has 1 amide bonds. The smallest absolute Gasteiger partial charge is 0.407 e. The zero-order valence-electron chi connectivity index (χ0n) is 51.3. The van der Waals surface area contributed by atoms with Gasteiger partial charge >= 0.3 is 42.0 Å². The topological polar surface area (TPSA) is 307 Å². The van der Waals surface area contributed by atoms with Crippen molar-refractivity contribution in [3.05, 3.63) is 37.4 Å². The van der Waals surface area contributed by atoms with E-state index in [1.807, 2.05) is 0 Å². The fraction of sp³-hybridized carbons (Fsp3) is 0.783. The number of ether oxygens (including phenoxy) is 6. The lowest BCUT2D eigenvalue weighted by Gasteiger charge is -2.18. The Morgan fingerprint density at radius 3 is 1.28 bits per heavy atom. The van der Waals surface area contributed by atoms with E-state index in [0.29, 0.717) is 38.8 Å². The standard InChI is InChI=1S/C30H57N3O8.C15H28O5.C8H19N.C7H6N4O/c1-4-6-11-18-27(34)39-23-25(24-40-28(35)19-12-7-5-2)41-30(37)33-22-16-10-8-9-15-21-32-26(29(36)38-3)17-13-14-20-31;1-3-5-7-9-14(17)19-11-13(16)12-20-15(18)10-8-6-4-2;1-2-3-4-5-6-7-8-9;12-7(10-3-1-8-5-10)11-4-2-9-6-11/h25-26,32H,4-24,31H2,1-3H3,(H,33,37);13,16H,3-12H2,1-2H3;2-9H2,1H3;1-6H. The van der Waals surface area contributed by atoms with Gasteiger partial charge < -0.3 is 55.6 Å². The normalized spacial score (nSPS) is 11.0. The number of amides is 1. The number of hydrogen-bond acceptors (Lipinski definition) is 19. The third kappa shape index (κ3) is 50.3. The van der Waals surface area contributed by atoms with E-state index in [4.69, 9.17) is 39.9 Å². The Morgan fingerprint density at radius 2 is 0.878 bits per heavy atom. The maximum Gasteiger partial charge on any atom is 0.407 e. The SMILES string of the molecule is CCCCCC(=O)OCC(COC(=O)CCCCC)OC(=O)NCCCCCCCNC(CCCCN)C(=O)OC.CCCCCC(=O)OCC(O)COC(=O)CCCCC.CCCCCCCCN.O=C(n1ccnc1)n1ccnc1. The van der Waals surface area contributed by atoms with E-state index in [2.05, 4.69) is 55.2 Å². The first-order valence-corrected chi connectivity index (χ1v) is 30.7. The molecule has 1 unspecified atom stereocenters. The van der Waals surface area contributed by atoms with Crippen LogP contribution in [0.2, 0.25) is 0 Å². The van der Waals surface area contributed by atoms with E-state index >= 15 is 0 Å². The molecule has 0 aromatic carbocycles. The van der Waals surface area contributed by atoms with Gasteiger partial charge in [0.1, 0.15) is 51.2 Å². The van der Waals surface area contributed by atoms with Crippen LogP contribution in [-0.4, -0.2) is 144 Å². The molecule has 2 rings (SSSR count). The van der Waals surface area contributed by atoms with Crippen molar-refractivity contribution in [2.45, 2.75) is 245 Å². The van der Waals surface area contributed by atoms with Gasteiger partial charge in [0.15, 0.2) is 6.10 Å². The third-order valence-corrected chi connectivity index (χ3v) is 12.4. The van der Waals surface area contributed by atoms with Crippen molar-refractivity contribution in [2.24, 2.45) is 11.5 Å². The van der Waals surface area contributed by atoms with Crippen molar-refractivity contribution in [2.75, 3.05) is 59.7 Å². The van der Waals surface area contributed by atoms with Crippen LogP contribution in [0.5, 0.6) is 0 Å². The summed E-state index contributed by atoms with van der Waals surface area (Å²) < 4.78 is 33.3. The second-order valence-electron chi connectivity index (χ2n) is 20.0. The van der Waals surface area contributed by atoms with Gasteiger partial charge in [-0.05, 0) is 77.4 Å². The number of nitrogens with one attached hydrogen (secondary N) is 2. The molecule has 22 heteroatoms. The van der Waals surface area contributed by atoms with Gasteiger partial charge in [-0.3, -0.25) is 33.1 Å². The zero-order valence-corrected chi connectivity index (χ0v) is 51.3. The molecular weight excluding hydrogens is 1060 g/mol. The lowest BCUT2D eigenvalue weighted by molar-refractivity contribution is -0.154. The number of alkyl carbamates (subject to hydrolysis) is 1. The molecule has 0 bridgehead atoms. The molecule has 2 heterocycles. The number of methoxy groups -OCH3 is 1. The number of rotatable bonds is 45. The van der Waals surface area contributed by atoms with Gasteiger partial charge in [0.05, 0.1) is 7.11 Å². The van der Waals surface area contributed by atoms with E-state index in [-0.39, 0.29) is 68.3 Å². The van der Waals surface area contributed by atoms with Crippen LogP contribution in [0.25, 0.3) is 0 Å². The maximum absolute atomic E-state index is 12.3. The lowest BCUT2D eigenvalue weighted by atomic mass is 10.1. The van der Waals surface area contributed by atoms with Gasteiger partial charge in [-0.15, -0.1) is 0 Å². The Balaban J connectivity index is 0. The number of unbranched alkanes of at least 4 members (excludes halogenated alkanes) is 18. The molecule has 0 saturated carbocycles. The number of aliphatic hydroxyl groups is 1. The zero-order chi connectivity index (χ0) is 61.1. The molecule has 2 aromatic heterocycles. The second kappa shape index (κ2) is 58.7. The van der Waals surface area contributed by atoms with Crippen molar-refractivity contribution in [3.8, 4) is 0 Å². The summed E-state index contributed by atoms with van der Waals surface area (Å²) in [5.74, 6) is -1.58. The van der Waals surface area contributed by atoms with Gasteiger partial charge in [0.2, 0.25) is 0 Å². The van der Waals surface area contributed by atoms with E-state index in [1.54, 1.807) is 24.8 Å². The summed E-state index contributed by atoms with van der Waals surface area (Å²) in [4.78, 5) is 89.7. The van der Waals surface area contributed by atoms with E-state index < -0.39 is 18.3 Å². The summed E-state index contributed by atoms with van der Waals surface area (Å²) in [5.41, 5.74) is 10.9. The summed E-state index contributed by atoms with van der Waals surface area (Å²) in [5, 5.41) is 15.5. The number of nitrogens with two attached hydrogens (primary N) is 2. The van der Waals surface area contributed by atoms with Crippen LogP contribution in [0.15, 0.2) is 37.4 Å². The van der Waals surface area contributed by atoms with Crippen molar-refractivity contribution < 1.29 is 67.1 Å². The number of hydrogen-bond donors (Lipinski definition) is 5. The Morgan fingerprint density at radius 1 is 0.500 bits per heavy atom. The van der Waals surface area contributed by atoms with Crippen molar-refractivity contribution >= 4 is 42.0 Å². The summed E-state index contributed by atoms with van der Waals surface area (Å²) in [6, 6.07) is -0.482. The summed E-state index contributed by atoms with van der Waals surface area (Å²) in [7, 11) is 1.40. The molecule has 82 heavy (non-hydrogen) atoms. The molecule has 2 aromatic rings. The number of aromatic nitrogens is 4. The molecule has 0 aliphatic heterocycles. The van der Waals surface area contributed by atoms with Crippen LogP contribution in [0.3, 0.4) is 0 Å². The molecule has 0 aliphatic carbocycles. The van der Waals surface area contributed by atoms with Crippen LogP contribution < -0.4 is 22.1 Å². The second-order valence-corrected chi connectivity index (χ2v) is 20.0. The average molecular weight is 1170 g/mol. The largest absolute Gasteiger partial charge is 0.468 e. The lowest BCUT2D eigenvalue weighted by Crippen LogP contribution is -2.38. The van der Waals surface area contributed by atoms with Gasteiger partial charge in [-0.2, -0.15) is 0 Å². The molecule has 22 nitrogen and oxygen atoms in total. The predicted molar refractivity (Wildman–Crippen MR) is 318 cm³/mol. The van der Waals surface area contributed by atoms with Gasteiger partial charge in [0.25, 0.3) is 0 Å². The highest BCUT2D eigenvalue weighted by molar-refractivity contribution is 5.78. The van der Waals surface area contributed by atoms with Crippen LogP contribution in [-0.2, 0) is 52.4 Å². The number of aliphatic hydroxyl groups excluding tert-OH is 1. The number of nitrogens with zero attached hydrogens (tertiary/aromatic N) is 4. The Kier molecular flexibility index (Phi) is 56.3. The number of carbonyl (C=O) groups excluding carboxylic acids is 7. The van der Waals surface area contributed by atoms with Gasteiger partial charge in [0, 0.05) is 57.0 Å². The summed E-state index contributed by atoms with van der Waals surface area (Å²) >= 11 is 0. The Bertz CT molecular complexity index is 1730. The third-order valence-electron chi connectivity index (χ3n) is 12.4. The number of imidazole rings is 2. The predicted octanol–water partition coefficient (Wildman–Crippen LogP) is 10.0. The summed E-state index contributed by atoms with van der Waals surface area (Å²) in [6.07, 6.45) is 34.3. The number of carbonyl (C=O) groups is 7. The van der Waals surface area contributed by atoms with Crippen LogP contribution in [0, 0.1) is 0 Å². The monoisotopic (exact) mass is 1170 g/mol. The first-order valence-electron chi connectivity index (χ1n) is 30.7. The molecule has 0 spiro atoms. The van der Waals surface area contributed by atoms with Gasteiger partial charge in [-0.25, -0.2) is 19.6 Å². The Hall–Kier alpha value is -5.45. The van der Waals surface area contributed by atoms with Crippen molar-refractivity contribution in [3.63, 3.8) is 0 Å². The molecule has 0 radical (unpaired) electrons. The first-order chi connectivity index (χ1) is 39.8. The highest BCUT2D eigenvalue weighted by Gasteiger charge is 2.20. The average Bonchev–Trinajstić information content (AvgIpc) is 4.24. The van der Waals surface area contributed by atoms with E-state index in [0.717, 1.165) is 142 Å². The van der Waals surface area contributed by atoms with Crippen LogP contribution in [0.4, 0.5) is 9.59 Å². The van der Waals surface area contributed by atoms with E-state index in [9.17, 15) is 38.7 Å². The Labute approximate surface area is 491 Å². The molecular formula is C60H110N8O14. The van der Waals surface area contributed by atoms with E-state index in [1.165, 1.54) is 67.4 Å². The highest BCUT2D eigenvalue weighted by atomic mass is 16.6. The summed E-state index contributed by atoms with van der Waals surface area (Å²) in [6.45, 7) is 12.6. The molecule has 0 saturated heterocycles. The fourth-order valence-electron chi connectivity index (χ4n) is 7.46. The quantitative estimate of drug-likeness (QED) is 0.0234. The molecule has 0 aliphatic rings. The first kappa shape index (κ1) is 78.6. The minimum absolute atomic E-state index is 0.118. The minimum atomic E-state index is -0.944. The van der Waals surface area contributed by atoms with Crippen LogP contribution in [0.1, 0.15) is 227 Å². The molecule has 7 N–H and O–H groups in total. The fourth-order valence-corrected chi connectivity index (χ4v) is 7.46. The van der Waals surface area contributed by atoms with Gasteiger partial charge in [-0.1, -0.05) is 144 Å². The molecule has 474 valence electrons. The molecule has 1 atom stereocenters. The molecule has 0 fully saturated rings. The maximum atomic E-state index is 12.3.